The first-order valence-electron chi connectivity index (χ1n) is 15.3. The van der Waals surface area contributed by atoms with Gasteiger partial charge in [-0.25, -0.2) is 28.3 Å². The Morgan fingerprint density at radius 3 is 2.34 bits per heavy atom. The highest BCUT2D eigenvalue weighted by Crippen LogP contribution is 2.42. The van der Waals surface area contributed by atoms with E-state index in [0.29, 0.717) is 37.3 Å². The van der Waals surface area contributed by atoms with Crippen LogP contribution in [0.1, 0.15) is 12.0 Å². The molecule has 2 aliphatic rings. The summed E-state index contributed by atoms with van der Waals surface area (Å²) in [5, 5.41) is 7.97. The predicted molar refractivity (Wildman–Crippen MR) is 171 cm³/mol. The third kappa shape index (κ3) is 7.43. The zero-order chi connectivity index (χ0) is 32.8. The molecule has 4 aromatic rings. The first kappa shape index (κ1) is 31.7. The number of amides is 3. The minimum Gasteiger partial charge on any atom is -0.493 e. The number of rotatable bonds is 11. The van der Waals surface area contributed by atoms with Crippen LogP contribution >= 0.6 is 0 Å². The van der Waals surface area contributed by atoms with Gasteiger partial charge in [0.25, 0.3) is 0 Å². The largest absolute Gasteiger partial charge is 0.493 e. The summed E-state index contributed by atoms with van der Waals surface area (Å²) in [6, 6.07) is 18.7. The number of anilines is 3. The van der Waals surface area contributed by atoms with E-state index in [2.05, 4.69) is 30.6 Å². The number of hydrogen-bond donors (Lipinski definition) is 2. The monoisotopic (exact) mass is 646 g/mol. The van der Waals surface area contributed by atoms with Crippen LogP contribution in [0.25, 0.3) is 0 Å². The maximum atomic E-state index is 14.9. The highest BCUT2D eigenvalue weighted by molar-refractivity contribution is 5.89. The van der Waals surface area contributed by atoms with E-state index in [1.807, 2.05) is 48.5 Å². The number of hydrogen-bond acceptors (Lipinski definition) is 8. The zero-order valence-electron chi connectivity index (χ0n) is 25.9. The van der Waals surface area contributed by atoms with Crippen LogP contribution in [0.2, 0.25) is 0 Å². The molecule has 0 radical (unpaired) electrons. The molecule has 1 aromatic heterocycles. The van der Waals surface area contributed by atoms with Gasteiger partial charge in [-0.15, -0.1) is 0 Å². The average molecular weight is 647 g/mol. The topological polar surface area (TPSA) is 117 Å². The number of urea groups is 1. The number of carbonyl (C=O) groups excluding carboxylic acids is 2. The van der Waals surface area contributed by atoms with E-state index in [4.69, 9.17) is 9.47 Å². The Kier molecular flexibility index (Phi) is 9.47. The van der Waals surface area contributed by atoms with Crippen LogP contribution in [0.5, 0.6) is 5.75 Å². The van der Waals surface area contributed by atoms with Gasteiger partial charge in [0.1, 0.15) is 35.6 Å². The Hall–Kier alpha value is -5.24. The third-order valence-electron chi connectivity index (χ3n) is 8.52. The summed E-state index contributed by atoms with van der Waals surface area (Å²) in [6.45, 7) is 4.35. The molecule has 3 heterocycles. The van der Waals surface area contributed by atoms with E-state index in [0.717, 1.165) is 54.4 Å². The second-order valence-electron chi connectivity index (χ2n) is 11.7. The predicted octanol–water partition coefficient (Wildman–Crippen LogP) is 4.02. The van der Waals surface area contributed by atoms with Crippen LogP contribution in [0.3, 0.4) is 0 Å². The lowest BCUT2D eigenvalue weighted by Crippen LogP contribution is -2.46. The number of halogens is 2. The number of nitrogens with zero attached hydrogens (tertiary/aromatic N) is 6. The molecule has 2 saturated heterocycles. The normalized spacial score (nSPS) is 19.3. The van der Waals surface area contributed by atoms with Crippen molar-refractivity contribution in [2.75, 3.05) is 61.6 Å². The van der Waals surface area contributed by atoms with E-state index in [1.165, 1.54) is 25.5 Å². The van der Waals surface area contributed by atoms with Gasteiger partial charge in [0.05, 0.1) is 19.8 Å². The summed E-state index contributed by atoms with van der Waals surface area (Å²) in [5.41, 5.74) is 4.35. The molecule has 6 rings (SSSR count). The second kappa shape index (κ2) is 14.0. The Morgan fingerprint density at radius 2 is 1.72 bits per heavy atom. The molecule has 3 aromatic carbocycles. The molecule has 3 amide bonds. The van der Waals surface area contributed by atoms with Crippen LogP contribution in [-0.4, -0.2) is 78.7 Å². The lowest BCUT2D eigenvalue weighted by molar-refractivity contribution is -0.112. The molecular weight excluding hydrogens is 610 g/mol. The van der Waals surface area contributed by atoms with Crippen LogP contribution < -0.4 is 25.3 Å². The van der Waals surface area contributed by atoms with Crippen molar-refractivity contribution in [3.05, 3.63) is 96.6 Å². The molecule has 0 spiro atoms. The van der Waals surface area contributed by atoms with E-state index in [1.54, 1.807) is 11.0 Å². The Morgan fingerprint density at radius 1 is 1.04 bits per heavy atom. The number of piperazine rings is 1. The van der Waals surface area contributed by atoms with Gasteiger partial charge in [0.15, 0.2) is 0 Å². The van der Waals surface area contributed by atoms with Crippen LogP contribution in [0.4, 0.5) is 30.6 Å². The zero-order valence-corrected chi connectivity index (χ0v) is 25.9. The maximum absolute atomic E-state index is 14.9. The third-order valence-corrected chi connectivity index (χ3v) is 8.52. The van der Waals surface area contributed by atoms with E-state index >= 15 is 0 Å². The lowest BCUT2D eigenvalue weighted by atomic mass is 9.87. The number of benzene rings is 3. The van der Waals surface area contributed by atoms with Crippen molar-refractivity contribution in [2.45, 2.75) is 18.6 Å². The molecule has 0 bridgehead atoms. The Labute approximate surface area is 270 Å². The fourth-order valence-corrected chi connectivity index (χ4v) is 6.08. The molecule has 2 aliphatic heterocycles. The smallest absolute Gasteiger partial charge is 0.340 e. The number of carbonyl (C=O) groups is 2. The minimum absolute atomic E-state index is 0.0122. The summed E-state index contributed by atoms with van der Waals surface area (Å²) in [5.74, 6) is -0.573. The summed E-state index contributed by atoms with van der Waals surface area (Å²) in [4.78, 5) is 31.2. The van der Waals surface area contributed by atoms with E-state index in [9.17, 15) is 18.4 Å². The van der Waals surface area contributed by atoms with Crippen molar-refractivity contribution in [2.24, 2.45) is 5.92 Å². The van der Waals surface area contributed by atoms with Crippen molar-refractivity contribution < 1.29 is 27.8 Å². The number of aromatic nitrogens is 3. The van der Waals surface area contributed by atoms with Gasteiger partial charge in [0.2, 0.25) is 6.41 Å². The molecule has 14 heteroatoms. The average Bonchev–Trinajstić information content (AvgIpc) is 3.75. The highest BCUT2D eigenvalue weighted by Gasteiger charge is 2.44. The summed E-state index contributed by atoms with van der Waals surface area (Å²) >= 11 is 0. The molecule has 0 aliphatic carbocycles. The standard InChI is InChI=1S/C33H36F2N8O4/c1-40(38-23-44)32(45)39-26-3-5-27(6-4-26)41-12-14-42(15-13-41)28-7-9-29(10-8-28)46-18-24-17-33(47-19-24,20-43-22-36-21-37-43)30-11-2-25(34)16-31(30)35/h2-11,16,21-24H,12-15,17-20H2,1H3,(H,38,44)(H,39,45)/t24-,33+/m1/s1. The Balaban J connectivity index is 0.999. The van der Waals surface area contributed by atoms with Gasteiger partial charge in [-0.2, -0.15) is 5.10 Å². The SMILES string of the molecule is CN(NC=O)C(=O)Nc1ccc(N2CCN(c3ccc(OC[C@@H]4CO[C@@](Cn5cncn5)(c5ccc(F)cc5F)C4)cc3)CC2)cc1. The van der Waals surface area contributed by atoms with Gasteiger partial charge < -0.3 is 24.6 Å². The fraction of sp³-hybridized carbons (Fsp3) is 0.333. The second-order valence-corrected chi connectivity index (χ2v) is 11.7. The summed E-state index contributed by atoms with van der Waals surface area (Å²) in [6.07, 6.45) is 3.88. The van der Waals surface area contributed by atoms with Gasteiger partial charge in [-0.05, 0) is 61.0 Å². The van der Waals surface area contributed by atoms with Crippen molar-refractivity contribution >= 4 is 29.5 Å². The van der Waals surface area contributed by atoms with Gasteiger partial charge in [-0.3, -0.25) is 10.2 Å². The highest BCUT2D eigenvalue weighted by atomic mass is 19.1. The fourth-order valence-electron chi connectivity index (χ4n) is 6.08. The number of nitrogens with one attached hydrogen (secondary N) is 2. The van der Waals surface area contributed by atoms with Gasteiger partial charge in [0, 0.05) is 67.8 Å². The van der Waals surface area contributed by atoms with Gasteiger partial charge in [-0.1, -0.05) is 6.07 Å². The van der Waals surface area contributed by atoms with Crippen LogP contribution in [-0.2, 0) is 21.7 Å². The summed E-state index contributed by atoms with van der Waals surface area (Å²) < 4.78 is 42.6. The molecule has 0 unspecified atom stereocenters. The van der Waals surface area contributed by atoms with Crippen LogP contribution in [0.15, 0.2) is 79.4 Å². The molecule has 47 heavy (non-hydrogen) atoms. The first-order chi connectivity index (χ1) is 22.8. The quantitative estimate of drug-likeness (QED) is 0.186. The van der Waals surface area contributed by atoms with Crippen molar-refractivity contribution in [3.63, 3.8) is 0 Å². The summed E-state index contributed by atoms with van der Waals surface area (Å²) in [7, 11) is 1.46. The van der Waals surface area contributed by atoms with E-state index in [-0.39, 0.29) is 12.5 Å². The number of hydrazine groups is 1. The molecule has 2 N–H and O–H groups in total. The van der Waals surface area contributed by atoms with Gasteiger partial charge >= 0.3 is 6.03 Å². The molecule has 0 saturated carbocycles. The maximum Gasteiger partial charge on any atom is 0.340 e. The molecule has 12 nitrogen and oxygen atoms in total. The molecule has 246 valence electrons. The Bertz CT molecular complexity index is 1650. The van der Waals surface area contributed by atoms with Crippen molar-refractivity contribution in [1.29, 1.82) is 0 Å². The first-order valence-corrected chi connectivity index (χ1v) is 15.3. The van der Waals surface area contributed by atoms with Crippen molar-refractivity contribution in [1.82, 2.24) is 25.2 Å². The van der Waals surface area contributed by atoms with E-state index < -0.39 is 23.3 Å². The van der Waals surface area contributed by atoms with Crippen molar-refractivity contribution in [3.8, 4) is 5.75 Å². The molecule has 2 atom stereocenters. The molecular formula is C33H36F2N8O4. The molecule has 2 fully saturated rings. The minimum atomic E-state index is -1.02. The van der Waals surface area contributed by atoms with Crippen LogP contribution in [0, 0.1) is 17.6 Å². The lowest BCUT2D eigenvalue weighted by Gasteiger charge is -2.37. The number of ether oxygens (including phenoxy) is 2.